The number of ether oxygens (including phenoxy) is 3. The van der Waals surface area contributed by atoms with E-state index in [1.807, 2.05) is 0 Å². The Balaban J connectivity index is 3.11. The topological polar surface area (TPSA) is 105 Å². The molecule has 0 atom stereocenters. The molecule has 1 aromatic rings. The van der Waals surface area contributed by atoms with Crippen molar-refractivity contribution in [2.45, 2.75) is 20.0 Å². The Hall–Kier alpha value is -2.35. The van der Waals surface area contributed by atoms with E-state index in [4.69, 9.17) is 25.8 Å². The van der Waals surface area contributed by atoms with Gasteiger partial charge in [0.1, 0.15) is 0 Å². The Labute approximate surface area is 131 Å². The molecule has 0 unspecified atom stereocenters. The van der Waals surface area contributed by atoms with Crippen molar-refractivity contribution in [3.05, 3.63) is 33.3 Å². The number of esters is 2. The highest BCUT2D eigenvalue weighted by molar-refractivity contribution is 6.30. The molecule has 0 aliphatic heterocycles. The molecule has 120 valence electrons. The third-order valence-corrected chi connectivity index (χ3v) is 2.60. The lowest BCUT2D eigenvalue weighted by atomic mass is 10.3. The zero-order chi connectivity index (χ0) is 16.7. The molecule has 0 spiro atoms. The number of carbonyl (C=O) groups is 2. The van der Waals surface area contributed by atoms with Crippen LogP contribution in [0.2, 0.25) is 5.02 Å². The third-order valence-electron chi connectivity index (χ3n) is 2.36. The Morgan fingerprint density at radius 1 is 1.23 bits per heavy atom. The van der Waals surface area contributed by atoms with Gasteiger partial charge in [0.2, 0.25) is 0 Å². The molecule has 0 heterocycles. The van der Waals surface area contributed by atoms with Crippen LogP contribution in [0.25, 0.3) is 0 Å². The van der Waals surface area contributed by atoms with E-state index in [0.29, 0.717) is 0 Å². The van der Waals surface area contributed by atoms with Gasteiger partial charge >= 0.3 is 17.6 Å². The maximum Gasteiger partial charge on any atom is 0.359 e. The number of benzene rings is 1. The van der Waals surface area contributed by atoms with Gasteiger partial charge in [-0.25, -0.2) is 9.59 Å². The van der Waals surface area contributed by atoms with Crippen LogP contribution in [-0.2, 0) is 19.1 Å². The molecular formula is C13H14ClNO7. The van der Waals surface area contributed by atoms with Crippen LogP contribution in [-0.4, -0.2) is 36.2 Å². The number of halogens is 1. The summed E-state index contributed by atoms with van der Waals surface area (Å²) in [4.78, 5) is 33.8. The molecule has 0 amide bonds. The first-order chi connectivity index (χ1) is 10.4. The van der Waals surface area contributed by atoms with E-state index in [1.165, 1.54) is 12.1 Å². The average molecular weight is 332 g/mol. The highest BCUT2D eigenvalue weighted by atomic mass is 35.5. The summed E-state index contributed by atoms with van der Waals surface area (Å²) in [5, 5.41) is 11.1. The molecule has 0 radical (unpaired) electrons. The zero-order valence-electron chi connectivity index (χ0n) is 11.9. The molecule has 0 aromatic heterocycles. The number of rotatable bonds is 7. The normalized spacial score (nSPS) is 10.2. The van der Waals surface area contributed by atoms with Crippen molar-refractivity contribution in [1.29, 1.82) is 0 Å². The molecule has 0 saturated carbocycles. The molecule has 0 fully saturated rings. The molecule has 22 heavy (non-hydrogen) atoms. The molecule has 1 rings (SSSR count). The van der Waals surface area contributed by atoms with Crippen molar-refractivity contribution in [3.8, 4) is 5.75 Å². The second-order valence-corrected chi connectivity index (χ2v) is 4.31. The van der Waals surface area contributed by atoms with Crippen molar-refractivity contribution in [3.63, 3.8) is 0 Å². The second kappa shape index (κ2) is 8.18. The summed E-state index contributed by atoms with van der Waals surface area (Å²) in [6.07, 6.45) is -1.75. The first-order valence-electron chi connectivity index (χ1n) is 6.34. The molecule has 9 heteroatoms. The molecule has 8 nitrogen and oxygen atoms in total. The van der Waals surface area contributed by atoms with Crippen LogP contribution in [0.3, 0.4) is 0 Å². The average Bonchev–Trinajstić information content (AvgIpc) is 2.46. The maximum atomic E-state index is 11.8. The summed E-state index contributed by atoms with van der Waals surface area (Å²) in [6.45, 7) is 3.12. The minimum atomic E-state index is -1.75. The molecule has 0 saturated heterocycles. The van der Waals surface area contributed by atoms with Crippen molar-refractivity contribution in [1.82, 2.24) is 0 Å². The highest BCUT2D eigenvalue weighted by Gasteiger charge is 2.34. The summed E-state index contributed by atoms with van der Waals surface area (Å²) in [6, 6.07) is 3.56. The van der Waals surface area contributed by atoms with Gasteiger partial charge in [-0.15, -0.1) is 0 Å². The van der Waals surface area contributed by atoms with E-state index >= 15 is 0 Å². The van der Waals surface area contributed by atoms with Crippen LogP contribution in [0, 0.1) is 10.1 Å². The van der Waals surface area contributed by atoms with Crippen LogP contribution in [0.5, 0.6) is 5.75 Å². The standard InChI is InChI=1S/C13H14ClNO7/c1-3-20-12(16)11(13(17)21-4-2)22-10-6-5-8(14)7-9(10)15(18)19/h5-7,11H,3-4H2,1-2H3. The van der Waals surface area contributed by atoms with Gasteiger partial charge < -0.3 is 14.2 Å². The zero-order valence-corrected chi connectivity index (χ0v) is 12.7. The number of hydrogen-bond acceptors (Lipinski definition) is 7. The fraction of sp³-hybridized carbons (Fsp3) is 0.385. The van der Waals surface area contributed by atoms with Gasteiger partial charge in [0, 0.05) is 11.1 Å². The first-order valence-corrected chi connectivity index (χ1v) is 6.72. The van der Waals surface area contributed by atoms with E-state index in [9.17, 15) is 19.7 Å². The first kappa shape index (κ1) is 17.7. The van der Waals surface area contributed by atoms with Gasteiger partial charge in [-0.05, 0) is 26.0 Å². The lowest BCUT2D eigenvalue weighted by molar-refractivity contribution is -0.386. The summed E-state index contributed by atoms with van der Waals surface area (Å²) >= 11 is 5.68. The molecule has 1 aromatic carbocycles. The lowest BCUT2D eigenvalue weighted by Crippen LogP contribution is -2.38. The SMILES string of the molecule is CCOC(=O)C(Oc1ccc(Cl)cc1[N+](=O)[O-])C(=O)OCC. The van der Waals surface area contributed by atoms with Crippen molar-refractivity contribution in [2.75, 3.05) is 13.2 Å². The maximum absolute atomic E-state index is 11.8. The number of nitrogens with zero attached hydrogens (tertiary/aromatic N) is 1. The molecule has 0 N–H and O–H groups in total. The smallest absolute Gasteiger partial charge is 0.359 e. The number of carbonyl (C=O) groups excluding carboxylic acids is 2. The monoisotopic (exact) mass is 331 g/mol. The Bertz CT molecular complexity index is 558. The Morgan fingerprint density at radius 3 is 2.23 bits per heavy atom. The Kier molecular flexibility index (Phi) is 6.58. The van der Waals surface area contributed by atoms with E-state index in [2.05, 4.69) is 0 Å². The third kappa shape index (κ3) is 4.59. The summed E-state index contributed by atoms with van der Waals surface area (Å²) in [5.41, 5.74) is -0.480. The van der Waals surface area contributed by atoms with E-state index < -0.39 is 28.7 Å². The Morgan fingerprint density at radius 2 is 1.77 bits per heavy atom. The van der Waals surface area contributed by atoms with Crippen molar-refractivity contribution < 1.29 is 28.7 Å². The number of hydrogen-bond donors (Lipinski definition) is 0. The van der Waals surface area contributed by atoms with Crippen LogP contribution in [0.1, 0.15) is 13.8 Å². The van der Waals surface area contributed by atoms with E-state index in [-0.39, 0.29) is 24.0 Å². The minimum Gasteiger partial charge on any atom is -0.463 e. The molecule has 0 aliphatic rings. The summed E-state index contributed by atoms with van der Waals surface area (Å²) in [5.74, 6) is -2.28. The van der Waals surface area contributed by atoms with Crippen LogP contribution in [0.4, 0.5) is 5.69 Å². The predicted molar refractivity (Wildman–Crippen MR) is 75.8 cm³/mol. The molecular weight excluding hydrogens is 318 g/mol. The van der Waals surface area contributed by atoms with Crippen LogP contribution < -0.4 is 4.74 Å². The van der Waals surface area contributed by atoms with Gasteiger partial charge in [0.15, 0.2) is 5.75 Å². The summed E-state index contributed by atoms with van der Waals surface area (Å²) < 4.78 is 14.6. The van der Waals surface area contributed by atoms with Crippen molar-refractivity contribution >= 4 is 29.2 Å². The predicted octanol–water partition coefficient (Wildman–Crippen LogP) is 2.12. The van der Waals surface area contributed by atoms with Gasteiger partial charge in [-0.1, -0.05) is 11.6 Å². The largest absolute Gasteiger partial charge is 0.463 e. The van der Waals surface area contributed by atoms with Crippen molar-refractivity contribution in [2.24, 2.45) is 0 Å². The van der Waals surface area contributed by atoms with Gasteiger partial charge in [-0.2, -0.15) is 0 Å². The minimum absolute atomic E-state index is 0.0147. The van der Waals surface area contributed by atoms with E-state index in [0.717, 1.165) is 6.07 Å². The lowest BCUT2D eigenvalue weighted by Gasteiger charge is -2.16. The summed E-state index contributed by atoms with van der Waals surface area (Å²) in [7, 11) is 0. The number of nitro groups is 1. The second-order valence-electron chi connectivity index (χ2n) is 3.87. The fourth-order valence-corrected chi connectivity index (χ4v) is 1.65. The van der Waals surface area contributed by atoms with Gasteiger partial charge in [0.25, 0.3) is 6.10 Å². The van der Waals surface area contributed by atoms with E-state index in [1.54, 1.807) is 13.8 Å². The molecule has 0 bridgehead atoms. The number of nitro benzene ring substituents is 1. The van der Waals surface area contributed by atoms with Crippen LogP contribution >= 0.6 is 11.6 Å². The highest BCUT2D eigenvalue weighted by Crippen LogP contribution is 2.31. The van der Waals surface area contributed by atoms with Crippen LogP contribution in [0.15, 0.2) is 18.2 Å². The fourth-order valence-electron chi connectivity index (χ4n) is 1.49. The molecule has 0 aliphatic carbocycles. The quantitative estimate of drug-likeness (QED) is 0.326. The van der Waals surface area contributed by atoms with Gasteiger partial charge in [-0.3, -0.25) is 10.1 Å². The van der Waals surface area contributed by atoms with Gasteiger partial charge in [0.05, 0.1) is 18.1 Å².